The van der Waals surface area contributed by atoms with Gasteiger partial charge in [-0.25, -0.2) is 4.98 Å². The molecule has 0 saturated heterocycles. The first-order valence-corrected chi connectivity index (χ1v) is 11.8. The van der Waals surface area contributed by atoms with Crippen LogP contribution in [-0.4, -0.2) is 78.3 Å². The first kappa shape index (κ1) is 23.5. The third kappa shape index (κ3) is 5.47. The molecule has 1 fully saturated rings. The van der Waals surface area contributed by atoms with Gasteiger partial charge in [-0.3, -0.25) is 4.79 Å². The second kappa shape index (κ2) is 10.1. The van der Waals surface area contributed by atoms with Gasteiger partial charge in [-0.05, 0) is 56.5 Å². The number of amides is 1. The number of carbonyl (C=O) groups excluding carboxylic acids is 1. The molecular weight excluding hydrogens is 418 g/mol. The van der Waals surface area contributed by atoms with Crippen molar-refractivity contribution in [2.45, 2.75) is 38.8 Å². The van der Waals surface area contributed by atoms with Gasteiger partial charge in [-0.1, -0.05) is 19.1 Å². The summed E-state index contributed by atoms with van der Waals surface area (Å²) in [5, 5.41) is 9.85. The number of hydrogen-bond donors (Lipinski definition) is 1. The Kier molecular flexibility index (Phi) is 7.20. The van der Waals surface area contributed by atoms with E-state index in [0.717, 1.165) is 35.9 Å². The molecule has 1 saturated carbocycles. The third-order valence-corrected chi connectivity index (χ3v) is 6.68. The smallest absolute Gasteiger partial charge is 0.259 e. The summed E-state index contributed by atoms with van der Waals surface area (Å²) in [6.45, 7) is 6.24. The number of carbonyl (C=O) groups is 1. The highest BCUT2D eigenvalue weighted by molar-refractivity contribution is 5.98. The number of rotatable bonds is 8. The van der Waals surface area contributed by atoms with E-state index < -0.39 is 0 Å². The van der Waals surface area contributed by atoms with E-state index in [-0.39, 0.29) is 30.6 Å². The molecule has 0 spiro atoms. The molecule has 7 heteroatoms. The maximum atomic E-state index is 13.6. The third-order valence-electron chi connectivity index (χ3n) is 6.68. The molecule has 2 aromatic rings. The number of benzene rings is 1. The quantitative estimate of drug-likeness (QED) is 0.661. The number of fused-ring (bicyclic) bond motifs is 1. The van der Waals surface area contributed by atoms with Crippen LogP contribution in [-0.2, 0) is 0 Å². The van der Waals surface area contributed by atoms with Gasteiger partial charge in [-0.15, -0.1) is 0 Å². The molecule has 3 atom stereocenters. The van der Waals surface area contributed by atoms with Crippen molar-refractivity contribution in [2.24, 2.45) is 11.8 Å². The van der Waals surface area contributed by atoms with Gasteiger partial charge in [0.25, 0.3) is 5.91 Å². The predicted octanol–water partition coefficient (Wildman–Crippen LogP) is 3.32. The molecule has 0 unspecified atom stereocenters. The number of hydrogen-bond acceptors (Lipinski definition) is 6. The normalized spacial score (nSPS) is 21.8. The summed E-state index contributed by atoms with van der Waals surface area (Å²) in [4.78, 5) is 22.3. The topological polar surface area (TPSA) is 75.1 Å². The Morgan fingerprint density at radius 2 is 2.06 bits per heavy atom. The summed E-state index contributed by atoms with van der Waals surface area (Å²) in [5.74, 6) is 1.82. The molecule has 0 bridgehead atoms. The van der Waals surface area contributed by atoms with E-state index in [1.54, 1.807) is 18.2 Å². The number of aliphatic hydroxyl groups excluding tert-OH is 1. The fraction of sp³-hybridized carbons (Fsp3) is 0.538. The van der Waals surface area contributed by atoms with Crippen molar-refractivity contribution < 1.29 is 19.4 Å². The minimum atomic E-state index is -0.295. The molecule has 178 valence electrons. The fourth-order valence-corrected chi connectivity index (χ4v) is 4.40. The summed E-state index contributed by atoms with van der Waals surface area (Å²) in [5.41, 5.74) is 2.16. The minimum absolute atomic E-state index is 0.0933. The lowest BCUT2D eigenvalue weighted by Gasteiger charge is -2.37. The number of aromatic nitrogens is 1. The van der Waals surface area contributed by atoms with E-state index in [0.29, 0.717) is 18.0 Å². The Morgan fingerprint density at radius 1 is 1.27 bits per heavy atom. The van der Waals surface area contributed by atoms with Crippen LogP contribution in [0.25, 0.3) is 11.1 Å². The molecule has 4 rings (SSSR count). The molecule has 1 aromatic heterocycles. The maximum absolute atomic E-state index is 13.6. The molecular formula is C26H35N3O4. The average molecular weight is 454 g/mol. The van der Waals surface area contributed by atoms with E-state index in [1.165, 1.54) is 12.8 Å². The molecule has 2 aliphatic rings. The number of pyridine rings is 1. The predicted molar refractivity (Wildman–Crippen MR) is 128 cm³/mol. The van der Waals surface area contributed by atoms with Gasteiger partial charge in [0, 0.05) is 37.3 Å². The van der Waals surface area contributed by atoms with Crippen molar-refractivity contribution in [3.05, 3.63) is 42.1 Å². The monoisotopic (exact) mass is 453 g/mol. The van der Waals surface area contributed by atoms with E-state index in [2.05, 4.69) is 23.9 Å². The standard InChI is InChI=1S/C26H35N3O4/c1-17-13-29(18(2)16-30)26(31)23-11-21(20-6-5-7-22(10-20)32-4)12-27-25(23)33-24(17)15-28(3)14-19-8-9-19/h5-7,10-12,17-19,24,30H,8-9,13-16H2,1-4H3/t17-,18+,24-/m1/s1. The Labute approximate surface area is 196 Å². The number of likely N-dealkylation sites (N-methyl/N-ethyl adjacent to an activating group) is 1. The van der Waals surface area contributed by atoms with Crippen molar-refractivity contribution in [1.29, 1.82) is 0 Å². The molecule has 7 nitrogen and oxygen atoms in total. The minimum Gasteiger partial charge on any atom is -0.497 e. The van der Waals surface area contributed by atoms with Gasteiger partial charge in [0.1, 0.15) is 17.4 Å². The van der Waals surface area contributed by atoms with Gasteiger partial charge < -0.3 is 24.4 Å². The molecule has 1 aromatic carbocycles. The van der Waals surface area contributed by atoms with Gasteiger partial charge in [0.05, 0.1) is 19.8 Å². The summed E-state index contributed by atoms with van der Waals surface area (Å²) < 4.78 is 11.8. The summed E-state index contributed by atoms with van der Waals surface area (Å²) in [6.07, 6.45) is 4.25. The Bertz CT molecular complexity index is 978. The van der Waals surface area contributed by atoms with Crippen molar-refractivity contribution >= 4 is 5.91 Å². The van der Waals surface area contributed by atoms with Crippen LogP contribution in [0, 0.1) is 11.8 Å². The number of methoxy groups -OCH3 is 1. The van der Waals surface area contributed by atoms with Crippen LogP contribution in [0.2, 0.25) is 0 Å². The molecule has 2 heterocycles. The van der Waals surface area contributed by atoms with E-state index >= 15 is 0 Å². The number of ether oxygens (including phenoxy) is 2. The second-order valence-corrected chi connectivity index (χ2v) is 9.60. The van der Waals surface area contributed by atoms with E-state index in [1.807, 2.05) is 37.3 Å². The molecule has 1 N–H and O–H groups in total. The Morgan fingerprint density at radius 3 is 2.76 bits per heavy atom. The van der Waals surface area contributed by atoms with Gasteiger partial charge in [0.2, 0.25) is 5.88 Å². The van der Waals surface area contributed by atoms with Crippen molar-refractivity contribution in [2.75, 3.05) is 40.4 Å². The van der Waals surface area contributed by atoms with Gasteiger partial charge in [-0.2, -0.15) is 0 Å². The molecule has 1 amide bonds. The zero-order valence-corrected chi connectivity index (χ0v) is 20.0. The van der Waals surface area contributed by atoms with Crippen LogP contribution < -0.4 is 9.47 Å². The lowest BCUT2D eigenvalue weighted by atomic mass is 9.99. The second-order valence-electron chi connectivity index (χ2n) is 9.60. The van der Waals surface area contributed by atoms with Gasteiger partial charge >= 0.3 is 0 Å². The van der Waals surface area contributed by atoms with Crippen molar-refractivity contribution in [3.8, 4) is 22.8 Å². The average Bonchev–Trinajstić information content (AvgIpc) is 3.64. The molecule has 1 aliphatic heterocycles. The van der Waals surface area contributed by atoms with Crippen LogP contribution in [0.4, 0.5) is 0 Å². The van der Waals surface area contributed by atoms with Gasteiger partial charge in [0.15, 0.2) is 0 Å². The van der Waals surface area contributed by atoms with Crippen LogP contribution in [0.1, 0.15) is 37.0 Å². The van der Waals surface area contributed by atoms with Crippen LogP contribution in [0.5, 0.6) is 11.6 Å². The van der Waals surface area contributed by atoms with E-state index in [9.17, 15) is 9.90 Å². The molecule has 1 aliphatic carbocycles. The highest BCUT2D eigenvalue weighted by atomic mass is 16.5. The maximum Gasteiger partial charge on any atom is 0.259 e. The van der Waals surface area contributed by atoms with Crippen LogP contribution >= 0.6 is 0 Å². The largest absolute Gasteiger partial charge is 0.497 e. The number of aliphatic hydroxyl groups is 1. The first-order valence-electron chi connectivity index (χ1n) is 11.8. The molecule has 0 radical (unpaired) electrons. The lowest BCUT2D eigenvalue weighted by Crippen LogP contribution is -2.50. The van der Waals surface area contributed by atoms with Crippen molar-refractivity contribution in [3.63, 3.8) is 0 Å². The van der Waals surface area contributed by atoms with Crippen molar-refractivity contribution in [1.82, 2.24) is 14.8 Å². The fourth-order valence-electron chi connectivity index (χ4n) is 4.40. The summed E-state index contributed by atoms with van der Waals surface area (Å²) in [7, 11) is 3.76. The number of nitrogens with zero attached hydrogens (tertiary/aromatic N) is 3. The summed E-state index contributed by atoms with van der Waals surface area (Å²) >= 11 is 0. The Balaban J connectivity index is 1.69. The van der Waals surface area contributed by atoms with E-state index in [4.69, 9.17) is 9.47 Å². The molecule has 33 heavy (non-hydrogen) atoms. The highest BCUT2D eigenvalue weighted by Crippen LogP contribution is 2.32. The zero-order chi connectivity index (χ0) is 23.5. The summed E-state index contributed by atoms with van der Waals surface area (Å²) in [6, 6.07) is 9.23. The van der Waals surface area contributed by atoms with Crippen LogP contribution in [0.15, 0.2) is 36.5 Å². The highest BCUT2D eigenvalue weighted by Gasteiger charge is 2.35. The lowest BCUT2D eigenvalue weighted by molar-refractivity contribution is 0.0328. The van der Waals surface area contributed by atoms with Crippen LogP contribution in [0.3, 0.4) is 0 Å². The zero-order valence-electron chi connectivity index (χ0n) is 20.0. The Hall–Kier alpha value is -2.64. The first-order chi connectivity index (χ1) is 15.9. The SMILES string of the molecule is COc1cccc(-c2cnc3c(c2)C(=O)N([C@@H](C)CO)C[C@@H](C)[C@@H](CN(C)CC2CC2)O3)c1.